The first-order valence-corrected chi connectivity index (χ1v) is 11.6. The maximum absolute atomic E-state index is 12.9. The van der Waals surface area contributed by atoms with Gasteiger partial charge in [0.05, 0.1) is 12.7 Å². The lowest BCUT2D eigenvalue weighted by molar-refractivity contribution is -0.122. The summed E-state index contributed by atoms with van der Waals surface area (Å²) < 4.78 is 7.07. The number of fused-ring (bicyclic) bond motifs is 4. The molecule has 180 valence electrons. The fourth-order valence-corrected chi connectivity index (χ4v) is 4.92. The molecule has 1 unspecified atom stereocenters. The van der Waals surface area contributed by atoms with Crippen molar-refractivity contribution in [3.63, 3.8) is 0 Å². The second-order valence-corrected chi connectivity index (χ2v) is 8.84. The molecule has 2 N–H and O–H groups in total. The van der Waals surface area contributed by atoms with Crippen LogP contribution in [0.2, 0.25) is 0 Å². The quantitative estimate of drug-likeness (QED) is 0.542. The third-order valence-corrected chi connectivity index (χ3v) is 6.71. The summed E-state index contributed by atoms with van der Waals surface area (Å²) in [5, 5.41) is 16.1. The molecule has 0 saturated heterocycles. The Morgan fingerprint density at radius 2 is 1.74 bits per heavy atom. The van der Waals surface area contributed by atoms with Gasteiger partial charge in [-0.15, -0.1) is 0 Å². The molecule has 9 nitrogen and oxygen atoms in total. The molecule has 5 rings (SSSR count). The second-order valence-electron chi connectivity index (χ2n) is 8.84. The van der Waals surface area contributed by atoms with Gasteiger partial charge in [0.15, 0.2) is 0 Å². The predicted molar refractivity (Wildman–Crippen MR) is 128 cm³/mol. The smallest absolute Gasteiger partial charge is 0.407 e. The van der Waals surface area contributed by atoms with Crippen LogP contribution in [0.15, 0.2) is 54.7 Å². The zero-order valence-electron chi connectivity index (χ0n) is 19.3. The summed E-state index contributed by atoms with van der Waals surface area (Å²) in [6.45, 7) is 3.10. The number of aromatic carboxylic acids is 1. The van der Waals surface area contributed by atoms with E-state index in [0.717, 1.165) is 11.1 Å². The first-order valence-electron chi connectivity index (χ1n) is 11.6. The van der Waals surface area contributed by atoms with E-state index < -0.39 is 18.0 Å². The summed E-state index contributed by atoms with van der Waals surface area (Å²) in [6.07, 6.45) is 1.13. The van der Waals surface area contributed by atoms with Crippen LogP contribution in [0.5, 0.6) is 0 Å². The first kappa shape index (κ1) is 22.6. The number of alkyl carbamates (subject to hydrolysis) is 1. The van der Waals surface area contributed by atoms with Gasteiger partial charge >= 0.3 is 12.1 Å². The Kier molecular flexibility index (Phi) is 5.98. The predicted octanol–water partition coefficient (Wildman–Crippen LogP) is 3.49. The molecule has 0 bridgehead atoms. The SMILES string of the molecule is CC(CCNC(=O)OCC1c2ccccc2-c2ccccc21)C(=O)N1CCn2ncc(C(=O)O)c21. The van der Waals surface area contributed by atoms with Crippen molar-refractivity contribution in [1.82, 2.24) is 15.1 Å². The maximum Gasteiger partial charge on any atom is 0.407 e. The normalized spacial score (nSPS) is 14.7. The Labute approximate surface area is 202 Å². The maximum atomic E-state index is 12.9. The Morgan fingerprint density at radius 3 is 2.40 bits per heavy atom. The molecule has 2 amide bonds. The van der Waals surface area contributed by atoms with Gasteiger partial charge in [-0.2, -0.15) is 5.10 Å². The third kappa shape index (κ3) is 4.14. The van der Waals surface area contributed by atoms with Gasteiger partial charge < -0.3 is 15.2 Å². The number of nitrogens with zero attached hydrogens (tertiary/aromatic N) is 3. The molecular formula is C26H26N4O5. The van der Waals surface area contributed by atoms with Crippen molar-refractivity contribution in [2.45, 2.75) is 25.8 Å². The molecule has 1 aromatic heterocycles. The molecule has 35 heavy (non-hydrogen) atoms. The van der Waals surface area contributed by atoms with Crippen LogP contribution in [0.4, 0.5) is 10.6 Å². The van der Waals surface area contributed by atoms with Crippen molar-refractivity contribution in [2.24, 2.45) is 5.92 Å². The highest BCUT2D eigenvalue weighted by atomic mass is 16.5. The van der Waals surface area contributed by atoms with Crippen molar-refractivity contribution in [2.75, 3.05) is 24.6 Å². The van der Waals surface area contributed by atoms with Crippen LogP contribution in [0.1, 0.15) is 40.7 Å². The van der Waals surface area contributed by atoms with Crippen LogP contribution in [0, 0.1) is 5.92 Å². The number of hydrogen-bond acceptors (Lipinski definition) is 5. The molecule has 0 saturated carbocycles. The summed E-state index contributed by atoms with van der Waals surface area (Å²) in [4.78, 5) is 38.2. The van der Waals surface area contributed by atoms with Crippen LogP contribution in [-0.2, 0) is 16.1 Å². The lowest BCUT2D eigenvalue weighted by Crippen LogP contribution is -2.36. The minimum atomic E-state index is -1.12. The fraction of sp³-hybridized carbons (Fsp3) is 0.308. The number of hydrogen-bond donors (Lipinski definition) is 2. The average molecular weight is 475 g/mol. The highest BCUT2D eigenvalue weighted by Gasteiger charge is 2.33. The zero-order chi connectivity index (χ0) is 24.5. The number of carboxylic acids is 1. The van der Waals surface area contributed by atoms with E-state index in [9.17, 15) is 19.5 Å². The molecule has 1 atom stereocenters. The van der Waals surface area contributed by atoms with Gasteiger partial charge in [-0.25, -0.2) is 14.3 Å². The van der Waals surface area contributed by atoms with E-state index in [-0.39, 0.29) is 30.5 Å². The average Bonchev–Trinajstić information content (AvgIpc) is 3.54. The standard InChI is InChI=1S/C26H26N4O5/c1-16(24(31)29-12-13-30-23(29)21(14-28-30)25(32)33)10-11-27-26(34)35-15-22-19-8-4-2-6-17(19)18-7-3-5-9-20(18)22/h2-9,14,16,22H,10-13,15H2,1H3,(H,27,34)(H,32,33). The highest BCUT2D eigenvalue weighted by Crippen LogP contribution is 2.44. The Morgan fingerprint density at radius 1 is 1.09 bits per heavy atom. The van der Waals surface area contributed by atoms with Gasteiger partial charge in [0.2, 0.25) is 5.91 Å². The molecule has 2 aromatic carbocycles. The van der Waals surface area contributed by atoms with Crippen LogP contribution >= 0.6 is 0 Å². The van der Waals surface area contributed by atoms with Crippen molar-refractivity contribution in [3.8, 4) is 11.1 Å². The van der Waals surface area contributed by atoms with Gasteiger partial charge in [0, 0.05) is 24.9 Å². The molecule has 0 fully saturated rings. The van der Waals surface area contributed by atoms with E-state index in [1.807, 2.05) is 24.3 Å². The molecule has 2 aliphatic rings. The van der Waals surface area contributed by atoms with Gasteiger partial charge in [-0.1, -0.05) is 55.5 Å². The number of carbonyl (C=O) groups is 3. The van der Waals surface area contributed by atoms with Crippen LogP contribution < -0.4 is 10.2 Å². The molecular weight excluding hydrogens is 448 g/mol. The Bertz CT molecular complexity index is 1250. The Balaban J connectivity index is 1.13. The lowest BCUT2D eigenvalue weighted by atomic mass is 9.98. The van der Waals surface area contributed by atoms with E-state index in [4.69, 9.17) is 4.74 Å². The molecule has 2 heterocycles. The van der Waals surface area contributed by atoms with Gasteiger partial charge in [0.1, 0.15) is 18.0 Å². The number of carboxylic acid groups (broad SMARTS) is 1. The van der Waals surface area contributed by atoms with Crippen molar-refractivity contribution < 1.29 is 24.2 Å². The van der Waals surface area contributed by atoms with Crippen molar-refractivity contribution in [3.05, 3.63) is 71.4 Å². The summed E-state index contributed by atoms with van der Waals surface area (Å²) in [6, 6.07) is 16.3. The van der Waals surface area contributed by atoms with Crippen molar-refractivity contribution in [1.29, 1.82) is 0 Å². The second kappa shape index (κ2) is 9.25. The van der Waals surface area contributed by atoms with Crippen LogP contribution in [0.25, 0.3) is 11.1 Å². The van der Waals surface area contributed by atoms with E-state index in [1.165, 1.54) is 26.9 Å². The number of amides is 2. The van der Waals surface area contributed by atoms with Crippen molar-refractivity contribution >= 4 is 23.8 Å². The number of carbonyl (C=O) groups excluding carboxylic acids is 2. The third-order valence-electron chi connectivity index (χ3n) is 6.71. The molecule has 0 radical (unpaired) electrons. The van der Waals surface area contributed by atoms with Gasteiger partial charge in [0.25, 0.3) is 0 Å². The van der Waals surface area contributed by atoms with Gasteiger partial charge in [-0.3, -0.25) is 9.69 Å². The fourth-order valence-electron chi connectivity index (χ4n) is 4.92. The summed E-state index contributed by atoms with van der Waals surface area (Å²) in [5.74, 6) is -1.42. The van der Waals surface area contributed by atoms with E-state index in [2.05, 4.69) is 34.7 Å². The summed E-state index contributed by atoms with van der Waals surface area (Å²) in [7, 11) is 0. The van der Waals surface area contributed by atoms with E-state index in [1.54, 1.807) is 6.92 Å². The van der Waals surface area contributed by atoms with E-state index in [0.29, 0.717) is 25.3 Å². The van der Waals surface area contributed by atoms with Crippen LogP contribution in [0.3, 0.4) is 0 Å². The molecule has 1 aliphatic heterocycles. The number of rotatable bonds is 7. The largest absolute Gasteiger partial charge is 0.477 e. The molecule has 0 spiro atoms. The lowest BCUT2D eigenvalue weighted by Gasteiger charge is -2.20. The number of ether oxygens (including phenoxy) is 1. The number of benzene rings is 2. The van der Waals surface area contributed by atoms with Crippen LogP contribution in [-0.4, -0.2) is 52.6 Å². The monoisotopic (exact) mass is 474 g/mol. The number of anilines is 1. The zero-order valence-corrected chi connectivity index (χ0v) is 19.3. The minimum Gasteiger partial charge on any atom is -0.477 e. The molecule has 3 aromatic rings. The minimum absolute atomic E-state index is 0.0137. The van der Waals surface area contributed by atoms with E-state index >= 15 is 0 Å². The number of nitrogens with one attached hydrogen (secondary N) is 1. The topological polar surface area (TPSA) is 114 Å². The summed E-state index contributed by atoms with van der Waals surface area (Å²) >= 11 is 0. The first-order chi connectivity index (χ1) is 17.0. The molecule has 9 heteroatoms. The highest BCUT2D eigenvalue weighted by molar-refractivity contribution is 6.02. The Hall–Kier alpha value is -4.14. The number of aromatic nitrogens is 2. The van der Waals surface area contributed by atoms with Gasteiger partial charge in [-0.05, 0) is 28.7 Å². The summed E-state index contributed by atoms with van der Waals surface area (Å²) in [5.41, 5.74) is 4.63. The molecule has 1 aliphatic carbocycles.